The van der Waals surface area contributed by atoms with Crippen LogP contribution in [0.3, 0.4) is 0 Å². The number of allylic oxidation sites excluding steroid dienone is 4. The van der Waals surface area contributed by atoms with Gasteiger partial charge in [-0.3, -0.25) is 4.79 Å². The van der Waals surface area contributed by atoms with Crippen molar-refractivity contribution < 1.29 is 9.53 Å². The summed E-state index contributed by atoms with van der Waals surface area (Å²) < 4.78 is 6.16. The molecule has 0 unspecified atom stereocenters. The van der Waals surface area contributed by atoms with Crippen molar-refractivity contribution in [2.24, 2.45) is 28.6 Å². The van der Waals surface area contributed by atoms with Gasteiger partial charge in [-0.15, -0.1) is 0 Å². The molecule has 0 aromatic heterocycles. The van der Waals surface area contributed by atoms with Crippen LogP contribution in [0.25, 0.3) is 0 Å². The zero-order valence-corrected chi connectivity index (χ0v) is 16.5. The molecule has 5 rings (SSSR count). The zero-order chi connectivity index (χ0) is 18.6. The van der Waals surface area contributed by atoms with Crippen molar-refractivity contribution in [1.29, 1.82) is 0 Å². The Morgan fingerprint density at radius 1 is 0.963 bits per heavy atom. The van der Waals surface area contributed by atoms with E-state index in [-0.39, 0.29) is 10.8 Å². The van der Waals surface area contributed by atoms with E-state index in [1.807, 2.05) is 30.3 Å². The number of benzene rings is 1. The van der Waals surface area contributed by atoms with Crippen LogP contribution in [0.1, 0.15) is 58.8 Å². The fourth-order valence-electron chi connectivity index (χ4n) is 6.79. The Morgan fingerprint density at radius 3 is 2.56 bits per heavy atom. The van der Waals surface area contributed by atoms with Gasteiger partial charge in [0.2, 0.25) is 0 Å². The van der Waals surface area contributed by atoms with Crippen molar-refractivity contribution in [1.82, 2.24) is 0 Å². The largest absolute Gasteiger partial charge is 0.462 e. The van der Waals surface area contributed by atoms with Crippen LogP contribution in [0, 0.1) is 28.6 Å². The SMILES string of the molecule is C[C@]12CCC(Oc3ccccc3)=CC1=CC[C@@H]1[C@@H]2CC[C@]2(C)C(=O)CC[C@@H]12. The Labute approximate surface area is 162 Å². The molecule has 0 heterocycles. The summed E-state index contributed by atoms with van der Waals surface area (Å²) in [6.07, 6.45) is 12.3. The number of ketones is 1. The number of carbonyl (C=O) groups excluding carboxylic acids is 1. The molecule has 27 heavy (non-hydrogen) atoms. The number of carbonyl (C=O) groups is 1. The summed E-state index contributed by atoms with van der Waals surface area (Å²) in [5.41, 5.74) is 1.70. The molecule has 2 heteroatoms. The molecule has 0 spiro atoms. The summed E-state index contributed by atoms with van der Waals surface area (Å²) in [6.45, 7) is 4.74. The van der Waals surface area contributed by atoms with E-state index >= 15 is 0 Å². The van der Waals surface area contributed by atoms with Gasteiger partial charge in [0.25, 0.3) is 0 Å². The van der Waals surface area contributed by atoms with Gasteiger partial charge >= 0.3 is 0 Å². The molecule has 2 fully saturated rings. The number of rotatable bonds is 2. The van der Waals surface area contributed by atoms with Gasteiger partial charge < -0.3 is 4.74 Å². The molecule has 2 nitrogen and oxygen atoms in total. The molecule has 4 aliphatic carbocycles. The normalized spacial score (nSPS) is 40.4. The number of para-hydroxylation sites is 1. The zero-order valence-electron chi connectivity index (χ0n) is 16.5. The summed E-state index contributed by atoms with van der Waals surface area (Å²) in [7, 11) is 0. The molecule has 0 radical (unpaired) electrons. The second-order valence-corrected chi connectivity index (χ2v) is 9.63. The molecule has 1 aromatic carbocycles. The lowest BCUT2D eigenvalue weighted by Gasteiger charge is -2.55. The first kappa shape index (κ1) is 17.3. The average Bonchev–Trinajstić information content (AvgIpc) is 2.98. The summed E-state index contributed by atoms with van der Waals surface area (Å²) in [5.74, 6) is 4.57. The molecule has 142 valence electrons. The van der Waals surface area contributed by atoms with Crippen LogP contribution in [-0.2, 0) is 4.79 Å². The molecule has 2 saturated carbocycles. The van der Waals surface area contributed by atoms with Gasteiger partial charge in [0.15, 0.2) is 0 Å². The van der Waals surface area contributed by atoms with E-state index in [1.165, 1.54) is 12.0 Å². The van der Waals surface area contributed by atoms with E-state index in [2.05, 4.69) is 26.0 Å². The molecule has 0 N–H and O–H groups in total. The van der Waals surface area contributed by atoms with Gasteiger partial charge in [0.05, 0.1) is 0 Å². The lowest BCUT2D eigenvalue weighted by molar-refractivity contribution is -0.131. The first-order valence-corrected chi connectivity index (χ1v) is 10.7. The summed E-state index contributed by atoms with van der Waals surface area (Å²) in [6, 6.07) is 10.1. The fraction of sp³-hybridized carbons (Fsp3) is 0.560. The summed E-state index contributed by atoms with van der Waals surface area (Å²) >= 11 is 0. The molecule has 5 atom stereocenters. The molecular formula is C25H30O2. The molecule has 1 aromatic rings. The number of hydrogen-bond acceptors (Lipinski definition) is 2. The maximum atomic E-state index is 12.5. The third-order valence-corrected chi connectivity index (χ3v) is 8.43. The molecule has 4 aliphatic rings. The molecule has 0 saturated heterocycles. The third kappa shape index (κ3) is 2.56. The Kier molecular flexibility index (Phi) is 3.90. The number of fused-ring (bicyclic) bond motifs is 5. The smallest absolute Gasteiger partial charge is 0.139 e. The minimum atomic E-state index is -0.0328. The lowest BCUT2D eigenvalue weighted by atomic mass is 9.49. The Hall–Kier alpha value is -1.83. The fourth-order valence-corrected chi connectivity index (χ4v) is 6.79. The average molecular weight is 363 g/mol. The Morgan fingerprint density at radius 2 is 1.74 bits per heavy atom. The van der Waals surface area contributed by atoms with Crippen molar-refractivity contribution in [2.45, 2.75) is 58.8 Å². The minimum absolute atomic E-state index is 0.0328. The molecule has 0 bridgehead atoms. The van der Waals surface area contributed by atoms with Crippen LogP contribution in [-0.4, -0.2) is 5.78 Å². The lowest BCUT2D eigenvalue weighted by Crippen LogP contribution is -2.49. The van der Waals surface area contributed by atoms with Gasteiger partial charge in [-0.05, 0) is 79.1 Å². The second kappa shape index (κ2) is 6.09. The highest BCUT2D eigenvalue weighted by Crippen LogP contribution is 2.63. The summed E-state index contributed by atoms with van der Waals surface area (Å²) in [5, 5.41) is 0. The highest BCUT2D eigenvalue weighted by atomic mass is 16.5. The second-order valence-electron chi connectivity index (χ2n) is 9.63. The predicted octanol–water partition coefficient (Wildman–Crippen LogP) is 6.09. The van der Waals surface area contributed by atoms with Gasteiger partial charge in [-0.1, -0.05) is 38.1 Å². The van der Waals surface area contributed by atoms with Crippen LogP contribution in [0.15, 0.2) is 53.8 Å². The van der Waals surface area contributed by atoms with Crippen LogP contribution < -0.4 is 4.74 Å². The standard InChI is InChI=1S/C25H30O2/c1-24-14-12-19(27-18-6-4-3-5-7-18)16-17(24)8-9-20-21-10-11-23(26)25(21,2)15-13-22(20)24/h3-8,16,20-22H,9-15H2,1-2H3/t20-,21-,22-,24-,25-/m0/s1. The van der Waals surface area contributed by atoms with E-state index in [9.17, 15) is 4.79 Å². The maximum absolute atomic E-state index is 12.5. The van der Waals surface area contributed by atoms with Crippen LogP contribution >= 0.6 is 0 Å². The summed E-state index contributed by atoms with van der Waals surface area (Å²) in [4.78, 5) is 12.5. The van der Waals surface area contributed by atoms with Crippen molar-refractivity contribution in [3.63, 3.8) is 0 Å². The van der Waals surface area contributed by atoms with Crippen molar-refractivity contribution in [2.75, 3.05) is 0 Å². The predicted molar refractivity (Wildman–Crippen MR) is 107 cm³/mol. The van der Waals surface area contributed by atoms with Gasteiger partial charge in [-0.25, -0.2) is 0 Å². The topological polar surface area (TPSA) is 26.3 Å². The van der Waals surface area contributed by atoms with Gasteiger partial charge in [0, 0.05) is 18.3 Å². The monoisotopic (exact) mass is 362 g/mol. The Bertz CT molecular complexity index is 820. The molecule has 0 aliphatic heterocycles. The van der Waals surface area contributed by atoms with Crippen LogP contribution in [0.2, 0.25) is 0 Å². The molecule has 0 amide bonds. The minimum Gasteiger partial charge on any atom is -0.462 e. The number of hydrogen-bond donors (Lipinski definition) is 0. The van der Waals surface area contributed by atoms with Crippen molar-refractivity contribution >= 4 is 5.78 Å². The number of Topliss-reactive ketones (excluding diaryl/α,β-unsaturated/α-hetero) is 1. The quantitative estimate of drug-likeness (QED) is 0.636. The first-order valence-electron chi connectivity index (χ1n) is 10.7. The van der Waals surface area contributed by atoms with E-state index in [0.717, 1.165) is 56.0 Å². The highest BCUT2D eigenvalue weighted by molar-refractivity contribution is 5.87. The van der Waals surface area contributed by atoms with E-state index < -0.39 is 0 Å². The first-order chi connectivity index (χ1) is 13.0. The number of ether oxygens (including phenoxy) is 1. The van der Waals surface area contributed by atoms with Crippen LogP contribution in [0.4, 0.5) is 0 Å². The van der Waals surface area contributed by atoms with E-state index in [1.54, 1.807) is 0 Å². The highest BCUT2D eigenvalue weighted by Gasteiger charge is 2.58. The molecular weight excluding hydrogens is 332 g/mol. The van der Waals surface area contributed by atoms with Gasteiger partial charge in [-0.2, -0.15) is 0 Å². The third-order valence-electron chi connectivity index (χ3n) is 8.43. The maximum Gasteiger partial charge on any atom is 0.139 e. The van der Waals surface area contributed by atoms with Crippen molar-refractivity contribution in [3.8, 4) is 5.75 Å². The van der Waals surface area contributed by atoms with Crippen molar-refractivity contribution in [3.05, 3.63) is 53.8 Å². The van der Waals surface area contributed by atoms with Crippen LogP contribution in [0.5, 0.6) is 5.75 Å². The Balaban J connectivity index is 1.43. The van der Waals surface area contributed by atoms with E-state index in [0.29, 0.717) is 17.6 Å². The van der Waals surface area contributed by atoms with Gasteiger partial charge in [0.1, 0.15) is 17.3 Å². The van der Waals surface area contributed by atoms with E-state index in [4.69, 9.17) is 4.74 Å².